The second-order valence-electron chi connectivity index (χ2n) is 2.69. The molecule has 0 bridgehead atoms. The molecule has 1 aromatic rings. The van der Waals surface area contributed by atoms with Crippen LogP contribution in [-0.4, -0.2) is 21.9 Å². The van der Waals surface area contributed by atoms with Crippen molar-refractivity contribution < 1.29 is 9.18 Å². The van der Waals surface area contributed by atoms with Crippen LogP contribution in [0.4, 0.5) is 4.39 Å². The number of halogens is 2. The summed E-state index contributed by atoms with van der Waals surface area (Å²) in [5.74, 6) is -0.770. The molecule has 0 aliphatic rings. The Morgan fingerprint density at radius 3 is 3.00 bits per heavy atom. The van der Waals surface area contributed by atoms with Crippen molar-refractivity contribution in [2.45, 2.75) is 6.42 Å². The molecule has 0 aliphatic heterocycles. The standard InChI is InChI=1S/C9H10FIN2O/c10-8-4-7(5-12-6-8)9(14)13-3-1-2-11/h4-6H,1-3H2,(H,13,14). The number of pyridine rings is 1. The van der Waals surface area contributed by atoms with Gasteiger partial charge in [-0.3, -0.25) is 9.78 Å². The molecule has 5 heteroatoms. The highest BCUT2D eigenvalue weighted by Gasteiger charge is 2.05. The summed E-state index contributed by atoms with van der Waals surface area (Å²) < 4.78 is 13.7. The van der Waals surface area contributed by atoms with Crippen LogP contribution in [0.1, 0.15) is 16.8 Å². The van der Waals surface area contributed by atoms with Gasteiger partial charge in [0.25, 0.3) is 5.91 Å². The van der Waals surface area contributed by atoms with Crippen LogP contribution in [0, 0.1) is 5.82 Å². The predicted octanol–water partition coefficient (Wildman–Crippen LogP) is 1.78. The molecule has 1 amide bonds. The van der Waals surface area contributed by atoms with Gasteiger partial charge in [0.1, 0.15) is 5.82 Å². The van der Waals surface area contributed by atoms with E-state index in [0.717, 1.165) is 17.0 Å². The Morgan fingerprint density at radius 2 is 2.36 bits per heavy atom. The summed E-state index contributed by atoms with van der Waals surface area (Å²) in [6.07, 6.45) is 3.33. The van der Waals surface area contributed by atoms with E-state index in [4.69, 9.17) is 0 Å². The maximum Gasteiger partial charge on any atom is 0.252 e. The van der Waals surface area contributed by atoms with E-state index in [1.165, 1.54) is 12.3 Å². The summed E-state index contributed by atoms with van der Waals surface area (Å²) in [6.45, 7) is 0.609. The monoisotopic (exact) mass is 308 g/mol. The van der Waals surface area contributed by atoms with Gasteiger partial charge in [-0.15, -0.1) is 0 Å². The van der Waals surface area contributed by atoms with Gasteiger partial charge < -0.3 is 5.32 Å². The number of alkyl halides is 1. The number of nitrogens with one attached hydrogen (secondary N) is 1. The average molecular weight is 308 g/mol. The molecule has 1 aromatic heterocycles. The van der Waals surface area contributed by atoms with Crippen molar-refractivity contribution in [1.82, 2.24) is 10.3 Å². The minimum Gasteiger partial charge on any atom is -0.352 e. The molecule has 0 saturated carbocycles. The highest BCUT2D eigenvalue weighted by Crippen LogP contribution is 2.00. The van der Waals surface area contributed by atoms with E-state index >= 15 is 0 Å². The Kier molecular flexibility index (Phi) is 4.78. The molecular formula is C9H10FIN2O. The van der Waals surface area contributed by atoms with Gasteiger partial charge in [-0.1, -0.05) is 22.6 Å². The minimum atomic E-state index is -0.494. The third-order valence-corrected chi connectivity index (χ3v) is 2.33. The Hall–Kier alpha value is -0.720. The third-order valence-electron chi connectivity index (χ3n) is 1.56. The number of carbonyl (C=O) groups is 1. The predicted molar refractivity (Wildman–Crippen MR) is 60.0 cm³/mol. The highest BCUT2D eigenvalue weighted by atomic mass is 127. The van der Waals surface area contributed by atoms with Crippen LogP contribution in [-0.2, 0) is 0 Å². The number of hydrogen-bond acceptors (Lipinski definition) is 2. The first kappa shape index (κ1) is 11.4. The van der Waals surface area contributed by atoms with Crippen molar-refractivity contribution in [3.8, 4) is 0 Å². The van der Waals surface area contributed by atoms with E-state index in [9.17, 15) is 9.18 Å². The maximum absolute atomic E-state index is 12.7. The Morgan fingerprint density at radius 1 is 1.57 bits per heavy atom. The molecule has 0 atom stereocenters. The molecule has 0 saturated heterocycles. The van der Waals surface area contributed by atoms with Crippen molar-refractivity contribution in [3.05, 3.63) is 29.8 Å². The first-order chi connectivity index (χ1) is 6.74. The van der Waals surface area contributed by atoms with Crippen LogP contribution in [0.15, 0.2) is 18.5 Å². The Balaban J connectivity index is 2.52. The van der Waals surface area contributed by atoms with Crippen LogP contribution >= 0.6 is 22.6 Å². The third kappa shape index (κ3) is 3.57. The van der Waals surface area contributed by atoms with Crippen LogP contribution in [0.25, 0.3) is 0 Å². The summed E-state index contributed by atoms with van der Waals surface area (Å²) >= 11 is 2.23. The lowest BCUT2D eigenvalue weighted by Crippen LogP contribution is -2.24. The quantitative estimate of drug-likeness (QED) is 0.523. The fourth-order valence-electron chi connectivity index (χ4n) is 0.907. The van der Waals surface area contributed by atoms with E-state index < -0.39 is 5.82 Å². The number of nitrogens with zero attached hydrogens (tertiary/aromatic N) is 1. The van der Waals surface area contributed by atoms with Crippen LogP contribution in [0.2, 0.25) is 0 Å². The summed E-state index contributed by atoms with van der Waals surface area (Å²) in [6, 6.07) is 1.17. The first-order valence-corrected chi connectivity index (χ1v) is 5.71. The zero-order valence-electron chi connectivity index (χ0n) is 7.46. The fourth-order valence-corrected chi connectivity index (χ4v) is 1.29. The lowest BCUT2D eigenvalue weighted by Gasteiger charge is -2.02. The van der Waals surface area contributed by atoms with Gasteiger partial charge in [-0.25, -0.2) is 4.39 Å². The van der Waals surface area contributed by atoms with Crippen molar-refractivity contribution in [2.24, 2.45) is 0 Å². The van der Waals surface area contributed by atoms with Crippen molar-refractivity contribution in [2.75, 3.05) is 11.0 Å². The molecular weight excluding hydrogens is 298 g/mol. The van der Waals surface area contributed by atoms with Gasteiger partial charge in [0.15, 0.2) is 0 Å². The van der Waals surface area contributed by atoms with E-state index in [1.54, 1.807) is 0 Å². The van der Waals surface area contributed by atoms with Gasteiger partial charge in [-0.05, 0) is 12.5 Å². The topological polar surface area (TPSA) is 42.0 Å². The summed E-state index contributed by atoms with van der Waals surface area (Å²) in [7, 11) is 0. The molecule has 1 N–H and O–H groups in total. The summed E-state index contributed by atoms with van der Waals surface area (Å²) in [4.78, 5) is 14.9. The molecule has 14 heavy (non-hydrogen) atoms. The zero-order chi connectivity index (χ0) is 10.4. The number of aromatic nitrogens is 1. The largest absolute Gasteiger partial charge is 0.352 e. The van der Waals surface area contributed by atoms with E-state index in [1.807, 2.05) is 0 Å². The Bertz CT molecular complexity index is 319. The molecule has 1 heterocycles. The molecule has 0 aliphatic carbocycles. The molecule has 3 nitrogen and oxygen atoms in total. The summed E-state index contributed by atoms with van der Waals surface area (Å²) in [5.41, 5.74) is 0.262. The number of carbonyl (C=O) groups excluding carboxylic acids is 1. The van der Waals surface area contributed by atoms with E-state index in [0.29, 0.717) is 6.54 Å². The van der Waals surface area contributed by atoms with Crippen molar-refractivity contribution >= 4 is 28.5 Å². The van der Waals surface area contributed by atoms with Gasteiger partial charge >= 0.3 is 0 Å². The molecule has 0 aromatic carbocycles. The molecule has 76 valence electrons. The minimum absolute atomic E-state index is 0.262. The van der Waals surface area contributed by atoms with Gasteiger partial charge in [0.05, 0.1) is 11.8 Å². The smallest absolute Gasteiger partial charge is 0.252 e. The van der Waals surface area contributed by atoms with Crippen LogP contribution in [0.3, 0.4) is 0 Å². The lowest BCUT2D eigenvalue weighted by atomic mass is 10.2. The van der Waals surface area contributed by atoms with Gasteiger partial charge in [-0.2, -0.15) is 0 Å². The van der Waals surface area contributed by atoms with Gasteiger partial charge in [0.2, 0.25) is 0 Å². The number of hydrogen-bond donors (Lipinski definition) is 1. The zero-order valence-corrected chi connectivity index (χ0v) is 9.62. The van der Waals surface area contributed by atoms with E-state index in [-0.39, 0.29) is 11.5 Å². The lowest BCUT2D eigenvalue weighted by molar-refractivity contribution is 0.0953. The second-order valence-corrected chi connectivity index (χ2v) is 3.77. The maximum atomic E-state index is 12.7. The first-order valence-electron chi connectivity index (χ1n) is 4.19. The second kappa shape index (κ2) is 5.90. The average Bonchev–Trinajstić information content (AvgIpc) is 2.18. The van der Waals surface area contributed by atoms with Gasteiger partial charge in [0, 0.05) is 17.2 Å². The van der Waals surface area contributed by atoms with Crippen molar-refractivity contribution in [3.63, 3.8) is 0 Å². The molecule has 0 unspecified atom stereocenters. The molecule has 0 spiro atoms. The molecule has 0 fully saturated rings. The normalized spacial score (nSPS) is 9.86. The van der Waals surface area contributed by atoms with Crippen molar-refractivity contribution in [1.29, 1.82) is 0 Å². The van der Waals surface area contributed by atoms with Crippen LogP contribution in [0.5, 0.6) is 0 Å². The van der Waals surface area contributed by atoms with Crippen LogP contribution < -0.4 is 5.32 Å². The molecule has 1 rings (SSSR count). The number of amides is 1. The summed E-state index contributed by atoms with van der Waals surface area (Å²) in [5, 5.41) is 2.68. The SMILES string of the molecule is O=C(NCCCI)c1cncc(F)c1. The molecule has 0 radical (unpaired) electrons. The fraction of sp³-hybridized carbons (Fsp3) is 0.333. The van der Waals surface area contributed by atoms with E-state index in [2.05, 4.69) is 32.9 Å². The highest BCUT2D eigenvalue weighted by molar-refractivity contribution is 14.1. The number of rotatable bonds is 4. The Labute approximate surface area is 95.2 Å².